The first-order chi connectivity index (χ1) is 7.86. The number of rotatable bonds is 4. The SMILES string of the molecule is NC(=O)[C@@H](c1cccc(Cl)c1F)[C@@H](N)C(=O)O. The van der Waals surface area contributed by atoms with Gasteiger partial charge in [-0.2, -0.15) is 0 Å². The predicted octanol–water partition coefficient (Wildman–Crippen LogP) is 0.460. The molecular formula is C10H10ClFN2O3. The second-order valence-electron chi connectivity index (χ2n) is 3.39. The van der Waals surface area contributed by atoms with Gasteiger partial charge in [0.05, 0.1) is 10.9 Å². The van der Waals surface area contributed by atoms with Gasteiger partial charge in [0.1, 0.15) is 11.9 Å². The molecule has 5 N–H and O–H groups in total. The highest BCUT2D eigenvalue weighted by molar-refractivity contribution is 6.30. The van der Waals surface area contributed by atoms with Crippen molar-refractivity contribution in [3.8, 4) is 0 Å². The van der Waals surface area contributed by atoms with Gasteiger partial charge in [0, 0.05) is 5.56 Å². The Morgan fingerprint density at radius 1 is 1.41 bits per heavy atom. The molecule has 0 saturated heterocycles. The van der Waals surface area contributed by atoms with Crippen LogP contribution in [0.25, 0.3) is 0 Å². The summed E-state index contributed by atoms with van der Waals surface area (Å²) in [6, 6.07) is 2.25. The molecule has 2 atom stereocenters. The Labute approximate surface area is 101 Å². The first kappa shape index (κ1) is 13.4. The fourth-order valence-electron chi connectivity index (χ4n) is 1.43. The van der Waals surface area contributed by atoms with Gasteiger partial charge < -0.3 is 16.6 Å². The topological polar surface area (TPSA) is 106 Å². The Hall–Kier alpha value is -1.66. The second kappa shape index (κ2) is 5.11. The third-order valence-electron chi connectivity index (χ3n) is 2.27. The van der Waals surface area contributed by atoms with Gasteiger partial charge in [-0.25, -0.2) is 4.39 Å². The molecule has 0 aliphatic rings. The van der Waals surface area contributed by atoms with Gasteiger partial charge in [0.15, 0.2) is 0 Å². The number of hydrogen-bond donors (Lipinski definition) is 3. The lowest BCUT2D eigenvalue weighted by Crippen LogP contribution is -2.43. The van der Waals surface area contributed by atoms with Crippen molar-refractivity contribution in [3.05, 3.63) is 34.6 Å². The maximum atomic E-state index is 13.6. The number of nitrogens with two attached hydrogens (primary N) is 2. The standard InChI is InChI=1S/C10H10ClFN2O3/c11-5-3-1-2-4(7(5)12)6(9(14)15)8(13)10(16)17/h1-3,6,8H,13H2,(H2,14,15)(H,16,17)/t6-,8+/m0/s1. The molecule has 5 nitrogen and oxygen atoms in total. The van der Waals surface area contributed by atoms with Crippen LogP contribution in [0.1, 0.15) is 11.5 Å². The van der Waals surface area contributed by atoms with Crippen molar-refractivity contribution in [3.63, 3.8) is 0 Å². The zero-order chi connectivity index (χ0) is 13.2. The maximum Gasteiger partial charge on any atom is 0.321 e. The second-order valence-corrected chi connectivity index (χ2v) is 3.79. The average molecular weight is 261 g/mol. The molecule has 1 aromatic rings. The molecule has 7 heteroatoms. The first-order valence-electron chi connectivity index (χ1n) is 4.58. The fourth-order valence-corrected chi connectivity index (χ4v) is 1.61. The van der Waals surface area contributed by atoms with E-state index in [2.05, 4.69) is 0 Å². The number of amides is 1. The summed E-state index contributed by atoms with van der Waals surface area (Å²) in [5.41, 5.74) is 10.1. The molecule has 0 bridgehead atoms. The van der Waals surface area contributed by atoms with Gasteiger partial charge in [-0.05, 0) is 6.07 Å². The zero-order valence-corrected chi connectivity index (χ0v) is 9.32. The van der Waals surface area contributed by atoms with Crippen molar-refractivity contribution in [1.82, 2.24) is 0 Å². The van der Waals surface area contributed by atoms with Crippen LogP contribution in [0.2, 0.25) is 5.02 Å². The van der Waals surface area contributed by atoms with Crippen LogP contribution in [0, 0.1) is 5.82 Å². The molecule has 17 heavy (non-hydrogen) atoms. The molecule has 1 rings (SSSR count). The number of carboxylic acid groups (broad SMARTS) is 1. The van der Waals surface area contributed by atoms with E-state index in [1.54, 1.807) is 0 Å². The highest BCUT2D eigenvalue weighted by Crippen LogP contribution is 2.26. The van der Waals surface area contributed by atoms with Crippen LogP contribution in [0.5, 0.6) is 0 Å². The van der Waals surface area contributed by atoms with E-state index < -0.39 is 29.7 Å². The van der Waals surface area contributed by atoms with E-state index in [1.807, 2.05) is 0 Å². The summed E-state index contributed by atoms with van der Waals surface area (Å²) in [7, 11) is 0. The molecular weight excluding hydrogens is 251 g/mol. The van der Waals surface area contributed by atoms with Crippen molar-refractivity contribution in [2.45, 2.75) is 12.0 Å². The van der Waals surface area contributed by atoms with Crippen LogP contribution in [0.4, 0.5) is 4.39 Å². The molecule has 0 unspecified atom stereocenters. The number of aliphatic carboxylic acids is 1. The van der Waals surface area contributed by atoms with E-state index >= 15 is 0 Å². The summed E-state index contributed by atoms with van der Waals surface area (Å²) in [6.45, 7) is 0. The van der Waals surface area contributed by atoms with Crippen LogP contribution >= 0.6 is 11.6 Å². The maximum absolute atomic E-state index is 13.6. The lowest BCUT2D eigenvalue weighted by Gasteiger charge is -2.18. The summed E-state index contributed by atoms with van der Waals surface area (Å²) in [5, 5.41) is 8.50. The molecule has 0 aliphatic carbocycles. The van der Waals surface area contributed by atoms with Crippen molar-refractivity contribution < 1.29 is 19.1 Å². The molecule has 0 saturated carbocycles. The van der Waals surface area contributed by atoms with Crippen molar-refractivity contribution in [2.75, 3.05) is 0 Å². The number of carboxylic acids is 1. The number of carbonyl (C=O) groups excluding carboxylic acids is 1. The van der Waals surface area contributed by atoms with Gasteiger partial charge in [-0.1, -0.05) is 23.7 Å². The number of hydrogen-bond acceptors (Lipinski definition) is 3. The largest absolute Gasteiger partial charge is 0.480 e. The molecule has 0 heterocycles. The molecule has 92 valence electrons. The van der Waals surface area contributed by atoms with E-state index in [9.17, 15) is 14.0 Å². The normalized spacial score (nSPS) is 14.1. The highest BCUT2D eigenvalue weighted by atomic mass is 35.5. The summed E-state index contributed by atoms with van der Waals surface area (Å²) < 4.78 is 13.6. The Morgan fingerprint density at radius 2 is 2.00 bits per heavy atom. The van der Waals surface area contributed by atoms with E-state index in [0.29, 0.717) is 0 Å². The first-order valence-corrected chi connectivity index (χ1v) is 4.95. The minimum Gasteiger partial charge on any atom is -0.480 e. The number of primary amides is 1. The Balaban J connectivity index is 3.28. The van der Waals surface area contributed by atoms with E-state index in [-0.39, 0.29) is 10.6 Å². The number of carbonyl (C=O) groups is 2. The summed E-state index contributed by atoms with van der Waals surface area (Å²) in [4.78, 5) is 21.9. The van der Waals surface area contributed by atoms with E-state index in [4.69, 9.17) is 28.2 Å². The van der Waals surface area contributed by atoms with Crippen LogP contribution in [-0.4, -0.2) is 23.0 Å². The van der Waals surface area contributed by atoms with E-state index in [1.165, 1.54) is 18.2 Å². The number of halogens is 2. The molecule has 0 spiro atoms. The summed E-state index contributed by atoms with van der Waals surface area (Å²) in [5.74, 6) is -4.84. The van der Waals surface area contributed by atoms with Gasteiger partial charge in [0.25, 0.3) is 0 Å². The van der Waals surface area contributed by atoms with Gasteiger partial charge in [-0.15, -0.1) is 0 Å². The highest BCUT2D eigenvalue weighted by Gasteiger charge is 2.33. The zero-order valence-electron chi connectivity index (χ0n) is 8.56. The van der Waals surface area contributed by atoms with Crippen LogP contribution in [0.3, 0.4) is 0 Å². The lowest BCUT2D eigenvalue weighted by molar-refractivity contribution is -0.141. The lowest BCUT2D eigenvalue weighted by atomic mass is 9.91. The van der Waals surface area contributed by atoms with E-state index in [0.717, 1.165) is 0 Å². The van der Waals surface area contributed by atoms with Crippen LogP contribution in [0.15, 0.2) is 18.2 Å². The molecule has 0 fully saturated rings. The third-order valence-corrected chi connectivity index (χ3v) is 2.56. The van der Waals surface area contributed by atoms with Crippen LogP contribution < -0.4 is 11.5 Å². The molecule has 0 aromatic heterocycles. The summed E-state index contributed by atoms with van der Waals surface area (Å²) >= 11 is 5.53. The Morgan fingerprint density at radius 3 is 2.47 bits per heavy atom. The van der Waals surface area contributed by atoms with Crippen LogP contribution in [-0.2, 0) is 9.59 Å². The average Bonchev–Trinajstić information content (AvgIpc) is 2.23. The van der Waals surface area contributed by atoms with Crippen molar-refractivity contribution in [2.24, 2.45) is 11.5 Å². The molecule has 0 aliphatic heterocycles. The van der Waals surface area contributed by atoms with Gasteiger partial charge in [-0.3, -0.25) is 9.59 Å². The fraction of sp³-hybridized carbons (Fsp3) is 0.200. The molecule has 0 radical (unpaired) electrons. The monoisotopic (exact) mass is 260 g/mol. The molecule has 1 aromatic carbocycles. The van der Waals surface area contributed by atoms with Crippen molar-refractivity contribution >= 4 is 23.5 Å². The minimum absolute atomic E-state index is 0.222. The van der Waals surface area contributed by atoms with Gasteiger partial charge in [0.2, 0.25) is 5.91 Å². The van der Waals surface area contributed by atoms with Gasteiger partial charge >= 0.3 is 5.97 Å². The minimum atomic E-state index is -1.62. The number of benzene rings is 1. The predicted molar refractivity (Wildman–Crippen MR) is 59.0 cm³/mol. The quantitative estimate of drug-likeness (QED) is 0.731. The third kappa shape index (κ3) is 2.72. The smallest absolute Gasteiger partial charge is 0.321 e. The Kier molecular flexibility index (Phi) is 4.03. The van der Waals surface area contributed by atoms with Crippen molar-refractivity contribution in [1.29, 1.82) is 0 Å². The molecule has 1 amide bonds. The summed E-state index contributed by atoms with van der Waals surface area (Å²) in [6.07, 6.45) is 0. The Bertz CT molecular complexity index is 467.